The molecular formula is C29H34N2O5. The molecule has 2 aromatic rings. The standard InChI is InChI=1S/C29H34N2O5/c1-4-26(33)29(2,27(34)21-32)30(3)28(35)25-14-12-23(13-15-25)7-6-22-8-10-24(11-9-22)20-31-16-5-18-36-19-17-31/h8-15,32H,4-5,16-21H2,1-3H3. The van der Waals surface area contributed by atoms with Gasteiger partial charge in [0, 0.05) is 56.4 Å². The fourth-order valence-electron chi connectivity index (χ4n) is 4.17. The number of benzene rings is 2. The number of likely N-dealkylation sites (N-methyl/N-ethyl adjacent to an activating group) is 1. The van der Waals surface area contributed by atoms with Crippen LogP contribution in [0.5, 0.6) is 0 Å². The summed E-state index contributed by atoms with van der Waals surface area (Å²) in [5.41, 5.74) is 1.48. The molecule has 0 radical (unpaired) electrons. The van der Waals surface area contributed by atoms with Gasteiger partial charge in [-0.2, -0.15) is 0 Å². The average Bonchev–Trinajstić information content (AvgIpc) is 3.19. The number of aliphatic hydroxyl groups excluding tert-OH is 1. The summed E-state index contributed by atoms with van der Waals surface area (Å²) in [6, 6.07) is 14.9. The van der Waals surface area contributed by atoms with Gasteiger partial charge in [-0.25, -0.2) is 0 Å². The smallest absolute Gasteiger partial charge is 0.254 e. The molecule has 1 atom stereocenters. The molecule has 7 nitrogen and oxygen atoms in total. The van der Waals surface area contributed by atoms with E-state index in [1.165, 1.54) is 19.5 Å². The van der Waals surface area contributed by atoms with E-state index in [0.717, 1.165) is 55.3 Å². The van der Waals surface area contributed by atoms with Crippen LogP contribution in [-0.2, 0) is 20.9 Å². The quantitative estimate of drug-likeness (QED) is 0.452. The summed E-state index contributed by atoms with van der Waals surface area (Å²) in [6.07, 6.45) is 1.13. The van der Waals surface area contributed by atoms with Crippen LogP contribution < -0.4 is 0 Å². The number of Topliss-reactive ketones (excluding diaryl/α,β-unsaturated/α-hetero) is 2. The summed E-state index contributed by atoms with van der Waals surface area (Å²) in [5.74, 6) is 4.64. The summed E-state index contributed by atoms with van der Waals surface area (Å²) in [6.45, 7) is 6.68. The van der Waals surface area contributed by atoms with Gasteiger partial charge in [0.2, 0.25) is 0 Å². The second kappa shape index (κ2) is 12.6. The van der Waals surface area contributed by atoms with Crippen molar-refractivity contribution in [2.75, 3.05) is 40.0 Å². The molecule has 1 heterocycles. The lowest BCUT2D eigenvalue weighted by atomic mass is 9.87. The third-order valence-corrected chi connectivity index (χ3v) is 6.68. The number of hydrogen-bond donors (Lipinski definition) is 1. The van der Waals surface area contributed by atoms with E-state index in [0.29, 0.717) is 5.56 Å². The molecule has 0 saturated carbocycles. The highest BCUT2D eigenvalue weighted by molar-refractivity contribution is 6.14. The van der Waals surface area contributed by atoms with Crippen LogP contribution in [0.1, 0.15) is 53.7 Å². The van der Waals surface area contributed by atoms with Crippen molar-refractivity contribution in [1.29, 1.82) is 0 Å². The zero-order valence-electron chi connectivity index (χ0n) is 21.3. The average molecular weight is 491 g/mol. The molecule has 0 bridgehead atoms. The first-order chi connectivity index (χ1) is 17.3. The van der Waals surface area contributed by atoms with Gasteiger partial charge in [0.25, 0.3) is 5.91 Å². The van der Waals surface area contributed by atoms with E-state index in [2.05, 4.69) is 28.9 Å². The first-order valence-corrected chi connectivity index (χ1v) is 12.3. The summed E-state index contributed by atoms with van der Waals surface area (Å²) < 4.78 is 5.51. The Hall–Kier alpha value is -3.31. The van der Waals surface area contributed by atoms with Gasteiger partial charge in [-0.3, -0.25) is 19.3 Å². The molecular weight excluding hydrogens is 456 g/mol. The number of aliphatic hydroxyl groups is 1. The SMILES string of the molecule is CCC(=O)C(C)(C(=O)CO)N(C)C(=O)c1ccc(C#Cc2ccc(CN3CCCOCC3)cc2)cc1. The summed E-state index contributed by atoms with van der Waals surface area (Å²) in [7, 11) is 1.40. The van der Waals surface area contributed by atoms with Crippen molar-refractivity contribution in [2.45, 2.75) is 38.8 Å². The Morgan fingerprint density at radius 2 is 1.58 bits per heavy atom. The maximum absolute atomic E-state index is 13.0. The van der Waals surface area contributed by atoms with E-state index in [-0.39, 0.29) is 6.42 Å². The van der Waals surface area contributed by atoms with Crippen molar-refractivity contribution in [3.63, 3.8) is 0 Å². The Balaban J connectivity index is 1.66. The number of hydrogen-bond acceptors (Lipinski definition) is 6. The minimum Gasteiger partial charge on any atom is -0.388 e. The summed E-state index contributed by atoms with van der Waals surface area (Å²) in [4.78, 5) is 41.3. The molecule has 0 aliphatic carbocycles. The van der Waals surface area contributed by atoms with Gasteiger partial charge < -0.3 is 14.7 Å². The molecule has 1 aliphatic rings. The molecule has 2 aromatic carbocycles. The van der Waals surface area contributed by atoms with Crippen LogP contribution in [-0.4, -0.2) is 77.9 Å². The van der Waals surface area contributed by atoms with Crippen molar-refractivity contribution in [2.24, 2.45) is 0 Å². The van der Waals surface area contributed by atoms with Crippen LogP contribution in [0.25, 0.3) is 0 Å². The Morgan fingerprint density at radius 1 is 0.972 bits per heavy atom. The van der Waals surface area contributed by atoms with Gasteiger partial charge in [0.1, 0.15) is 6.61 Å². The third-order valence-electron chi connectivity index (χ3n) is 6.68. The first kappa shape index (κ1) is 27.3. The van der Waals surface area contributed by atoms with E-state index in [1.807, 2.05) is 12.1 Å². The highest BCUT2D eigenvalue weighted by atomic mass is 16.5. The fourth-order valence-corrected chi connectivity index (χ4v) is 4.17. The van der Waals surface area contributed by atoms with Crippen molar-refractivity contribution in [3.8, 4) is 11.8 Å². The monoisotopic (exact) mass is 490 g/mol. The largest absolute Gasteiger partial charge is 0.388 e. The van der Waals surface area contributed by atoms with Gasteiger partial charge >= 0.3 is 0 Å². The molecule has 1 aliphatic heterocycles. The van der Waals surface area contributed by atoms with Gasteiger partial charge in [0.15, 0.2) is 17.1 Å². The van der Waals surface area contributed by atoms with Gasteiger partial charge in [0.05, 0.1) is 6.61 Å². The lowest BCUT2D eigenvalue weighted by molar-refractivity contribution is -0.141. The predicted molar refractivity (Wildman–Crippen MR) is 137 cm³/mol. The summed E-state index contributed by atoms with van der Waals surface area (Å²) >= 11 is 0. The van der Waals surface area contributed by atoms with Gasteiger partial charge in [-0.15, -0.1) is 0 Å². The van der Waals surface area contributed by atoms with Crippen LogP contribution in [0.3, 0.4) is 0 Å². The van der Waals surface area contributed by atoms with Crippen molar-refractivity contribution >= 4 is 17.5 Å². The number of amides is 1. The second-order valence-corrected chi connectivity index (χ2v) is 9.06. The molecule has 1 fully saturated rings. The molecule has 1 unspecified atom stereocenters. The number of nitrogens with zero attached hydrogens (tertiary/aromatic N) is 2. The normalized spacial score (nSPS) is 15.7. The Morgan fingerprint density at radius 3 is 2.17 bits per heavy atom. The number of carbonyl (C=O) groups excluding carboxylic acids is 3. The maximum atomic E-state index is 13.0. The number of ketones is 2. The van der Waals surface area contributed by atoms with Gasteiger partial charge in [-0.1, -0.05) is 30.9 Å². The Bertz CT molecular complexity index is 1100. The zero-order valence-corrected chi connectivity index (χ0v) is 21.3. The molecule has 0 spiro atoms. The molecule has 0 aromatic heterocycles. The lowest BCUT2D eigenvalue weighted by Crippen LogP contribution is -2.59. The minimum absolute atomic E-state index is 0.0720. The summed E-state index contributed by atoms with van der Waals surface area (Å²) in [5, 5.41) is 9.34. The van der Waals surface area contributed by atoms with Crippen molar-refractivity contribution in [3.05, 3.63) is 70.8 Å². The highest BCUT2D eigenvalue weighted by Crippen LogP contribution is 2.21. The van der Waals surface area contributed by atoms with Crippen LogP contribution >= 0.6 is 0 Å². The third kappa shape index (κ3) is 6.46. The van der Waals surface area contributed by atoms with Crippen molar-refractivity contribution in [1.82, 2.24) is 9.80 Å². The van der Waals surface area contributed by atoms with E-state index in [4.69, 9.17) is 4.74 Å². The van der Waals surface area contributed by atoms with E-state index in [1.54, 1.807) is 31.2 Å². The van der Waals surface area contributed by atoms with Crippen LogP contribution in [0.2, 0.25) is 0 Å². The molecule has 1 saturated heterocycles. The maximum Gasteiger partial charge on any atom is 0.254 e. The molecule has 7 heteroatoms. The van der Waals surface area contributed by atoms with Crippen LogP contribution in [0, 0.1) is 11.8 Å². The van der Waals surface area contributed by atoms with E-state index in [9.17, 15) is 19.5 Å². The molecule has 1 N–H and O–H groups in total. The topological polar surface area (TPSA) is 87.2 Å². The number of ether oxygens (including phenoxy) is 1. The first-order valence-electron chi connectivity index (χ1n) is 12.3. The minimum atomic E-state index is -1.72. The molecule has 190 valence electrons. The molecule has 36 heavy (non-hydrogen) atoms. The number of carbonyl (C=O) groups is 3. The lowest BCUT2D eigenvalue weighted by Gasteiger charge is -2.35. The van der Waals surface area contributed by atoms with Crippen molar-refractivity contribution < 1.29 is 24.2 Å². The fraction of sp³-hybridized carbons (Fsp3) is 0.414. The van der Waals surface area contributed by atoms with Gasteiger partial charge in [-0.05, 0) is 55.3 Å². The Kier molecular flexibility index (Phi) is 9.54. The molecule has 1 amide bonds. The zero-order chi connectivity index (χ0) is 26.1. The highest BCUT2D eigenvalue weighted by Gasteiger charge is 2.45. The van der Waals surface area contributed by atoms with E-state index < -0.39 is 29.6 Å². The predicted octanol–water partition coefficient (Wildman–Crippen LogP) is 2.68. The number of rotatable bonds is 8. The van der Waals surface area contributed by atoms with E-state index >= 15 is 0 Å². The Labute approximate surface area is 213 Å². The van der Waals surface area contributed by atoms with Crippen LogP contribution in [0.15, 0.2) is 48.5 Å². The van der Waals surface area contributed by atoms with Crippen LogP contribution in [0.4, 0.5) is 0 Å². The molecule has 3 rings (SSSR count). The second-order valence-electron chi connectivity index (χ2n) is 9.06.